The summed E-state index contributed by atoms with van der Waals surface area (Å²) in [5.74, 6) is 0.130. The van der Waals surface area contributed by atoms with Crippen molar-refractivity contribution in [2.24, 2.45) is 0 Å². The maximum atomic E-state index is 12.4. The van der Waals surface area contributed by atoms with E-state index >= 15 is 0 Å². The SMILES string of the molecule is Cc1cc(C)n(-c2ccc(=O)n(CCNC(=O)c3ccc(S(=O)(=O)N(C)C)cc3)n2)n1. The van der Waals surface area contributed by atoms with Crippen molar-refractivity contribution < 1.29 is 13.2 Å². The van der Waals surface area contributed by atoms with Gasteiger partial charge >= 0.3 is 0 Å². The Morgan fingerprint density at radius 2 is 1.74 bits per heavy atom. The van der Waals surface area contributed by atoms with Gasteiger partial charge in [-0.05, 0) is 50.2 Å². The summed E-state index contributed by atoms with van der Waals surface area (Å²) in [5, 5.41) is 11.4. The van der Waals surface area contributed by atoms with E-state index in [0.717, 1.165) is 15.7 Å². The number of benzene rings is 1. The van der Waals surface area contributed by atoms with Gasteiger partial charge in [0.2, 0.25) is 10.0 Å². The molecule has 10 nitrogen and oxygen atoms in total. The van der Waals surface area contributed by atoms with Gasteiger partial charge in [0.25, 0.3) is 11.5 Å². The second kappa shape index (κ2) is 8.82. The molecule has 1 aromatic carbocycles. The number of carbonyl (C=O) groups is 1. The van der Waals surface area contributed by atoms with Gasteiger partial charge in [0.05, 0.1) is 17.1 Å². The first-order chi connectivity index (χ1) is 14.6. The van der Waals surface area contributed by atoms with Crippen molar-refractivity contribution in [3.8, 4) is 5.82 Å². The normalized spacial score (nSPS) is 11.6. The molecule has 0 radical (unpaired) electrons. The largest absolute Gasteiger partial charge is 0.350 e. The summed E-state index contributed by atoms with van der Waals surface area (Å²) in [6, 6.07) is 10.6. The lowest BCUT2D eigenvalue weighted by Gasteiger charge is -2.12. The van der Waals surface area contributed by atoms with Gasteiger partial charge in [-0.1, -0.05) is 0 Å². The molecular formula is C20H24N6O4S. The maximum Gasteiger partial charge on any atom is 0.266 e. The highest BCUT2D eigenvalue weighted by Gasteiger charge is 2.17. The Bertz CT molecular complexity index is 1260. The number of nitrogens with one attached hydrogen (secondary N) is 1. The number of hydrogen-bond donors (Lipinski definition) is 1. The molecule has 31 heavy (non-hydrogen) atoms. The summed E-state index contributed by atoms with van der Waals surface area (Å²) in [7, 11) is -0.677. The minimum Gasteiger partial charge on any atom is -0.350 e. The number of sulfonamides is 1. The highest BCUT2D eigenvalue weighted by Crippen LogP contribution is 2.14. The van der Waals surface area contributed by atoms with Crippen LogP contribution in [0.15, 0.2) is 52.2 Å². The van der Waals surface area contributed by atoms with Crippen LogP contribution in [0.3, 0.4) is 0 Å². The minimum atomic E-state index is -3.56. The van der Waals surface area contributed by atoms with E-state index < -0.39 is 10.0 Å². The van der Waals surface area contributed by atoms with Crippen molar-refractivity contribution in [3.05, 3.63) is 69.8 Å². The van der Waals surface area contributed by atoms with Crippen molar-refractivity contribution in [2.45, 2.75) is 25.3 Å². The molecule has 0 saturated heterocycles. The molecule has 0 atom stereocenters. The van der Waals surface area contributed by atoms with Gasteiger partial charge in [0.1, 0.15) is 0 Å². The van der Waals surface area contributed by atoms with Crippen molar-refractivity contribution in [1.82, 2.24) is 29.2 Å². The number of hydrogen-bond acceptors (Lipinski definition) is 6. The lowest BCUT2D eigenvalue weighted by Crippen LogP contribution is -2.32. The van der Waals surface area contributed by atoms with Crippen LogP contribution >= 0.6 is 0 Å². The average Bonchev–Trinajstić information content (AvgIpc) is 3.07. The molecule has 1 N–H and O–H groups in total. The fourth-order valence-electron chi connectivity index (χ4n) is 2.94. The Kier molecular flexibility index (Phi) is 6.37. The topological polar surface area (TPSA) is 119 Å². The van der Waals surface area contributed by atoms with E-state index in [2.05, 4.69) is 15.5 Å². The monoisotopic (exact) mass is 444 g/mol. The van der Waals surface area contributed by atoms with E-state index in [4.69, 9.17) is 0 Å². The van der Waals surface area contributed by atoms with Gasteiger partial charge in [0.15, 0.2) is 5.82 Å². The molecule has 164 valence electrons. The summed E-state index contributed by atoms with van der Waals surface area (Å²) in [4.78, 5) is 24.6. The zero-order valence-electron chi connectivity index (χ0n) is 17.7. The van der Waals surface area contributed by atoms with E-state index in [1.165, 1.54) is 49.1 Å². The van der Waals surface area contributed by atoms with Crippen molar-refractivity contribution in [2.75, 3.05) is 20.6 Å². The van der Waals surface area contributed by atoms with Crippen molar-refractivity contribution in [1.29, 1.82) is 0 Å². The summed E-state index contributed by atoms with van der Waals surface area (Å²) in [6.07, 6.45) is 0. The molecule has 0 aliphatic rings. The number of amides is 1. The van der Waals surface area contributed by atoms with E-state index in [-0.39, 0.29) is 29.5 Å². The average molecular weight is 445 g/mol. The van der Waals surface area contributed by atoms with Crippen LogP contribution in [0.2, 0.25) is 0 Å². The summed E-state index contributed by atoms with van der Waals surface area (Å²) in [6.45, 7) is 4.11. The Morgan fingerprint density at radius 1 is 1.06 bits per heavy atom. The van der Waals surface area contributed by atoms with Gasteiger partial charge in [-0.2, -0.15) is 5.10 Å². The summed E-state index contributed by atoms with van der Waals surface area (Å²) < 4.78 is 28.2. The van der Waals surface area contributed by atoms with Crippen LogP contribution in [-0.2, 0) is 16.6 Å². The van der Waals surface area contributed by atoms with E-state index in [9.17, 15) is 18.0 Å². The fourth-order valence-corrected chi connectivity index (χ4v) is 3.84. The van der Waals surface area contributed by atoms with Crippen molar-refractivity contribution >= 4 is 15.9 Å². The molecule has 0 fully saturated rings. The molecule has 0 unspecified atom stereocenters. The molecule has 11 heteroatoms. The third-order valence-corrected chi connectivity index (χ3v) is 6.41. The first-order valence-electron chi connectivity index (χ1n) is 9.52. The van der Waals surface area contributed by atoms with Crippen LogP contribution in [0.5, 0.6) is 0 Å². The second-order valence-electron chi connectivity index (χ2n) is 7.16. The number of aromatic nitrogens is 4. The third kappa shape index (κ3) is 4.89. The Labute approximate surface area is 180 Å². The number of carbonyl (C=O) groups excluding carboxylic acids is 1. The van der Waals surface area contributed by atoms with E-state index in [0.29, 0.717) is 11.4 Å². The molecule has 3 rings (SSSR count). The quantitative estimate of drug-likeness (QED) is 0.574. The molecule has 2 heterocycles. The van der Waals surface area contributed by atoms with Gasteiger partial charge in [-0.15, -0.1) is 5.10 Å². The first kappa shape index (κ1) is 22.4. The Hall–Kier alpha value is -3.31. The van der Waals surface area contributed by atoms with Crippen LogP contribution in [-0.4, -0.2) is 58.8 Å². The standard InChI is InChI=1S/C20H24N6O4S/c1-14-13-15(2)26(22-14)18-9-10-19(27)25(23-18)12-11-21-20(28)16-5-7-17(8-6-16)31(29,30)24(3)4/h5-10,13H,11-12H2,1-4H3,(H,21,28). The second-order valence-corrected chi connectivity index (χ2v) is 9.31. The molecule has 0 aliphatic carbocycles. The van der Waals surface area contributed by atoms with Crippen LogP contribution in [0.1, 0.15) is 21.7 Å². The molecule has 2 aromatic heterocycles. The predicted molar refractivity (Wildman–Crippen MR) is 115 cm³/mol. The summed E-state index contributed by atoms with van der Waals surface area (Å²) in [5.41, 5.74) is 1.75. The molecule has 1 amide bonds. The fraction of sp³-hybridized carbons (Fsp3) is 0.300. The zero-order chi connectivity index (χ0) is 22.8. The highest BCUT2D eigenvalue weighted by molar-refractivity contribution is 7.89. The molecule has 0 aliphatic heterocycles. The summed E-state index contributed by atoms with van der Waals surface area (Å²) >= 11 is 0. The van der Waals surface area contributed by atoms with Gasteiger partial charge in [0, 0.05) is 38.0 Å². The van der Waals surface area contributed by atoms with Gasteiger partial charge < -0.3 is 5.32 Å². The molecule has 0 spiro atoms. The highest BCUT2D eigenvalue weighted by atomic mass is 32.2. The predicted octanol–water partition coefficient (Wildman–Crippen LogP) is 0.726. The van der Waals surface area contributed by atoms with Crippen molar-refractivity contribution in [3.63, 3.8) is 0 Å². The van der Waals surface area contributed by atoms with Gasteiger partial charge in [-0.3, -0.25) is 9.59 Å². The Balaban J connectivity index is 1.66. The van der Waals surface area contributed by atoms with Crippen LogP contribution in [0.4, 0.5) is 0 Å². The van der Waals surface area contributed by atoms with E-state index in [1.54, 1.807) is 10.7 Å². The minimum absolute atomic E-state index is 0.103. The number of rotatable bonds is 7. The van der Waals surface area contributed by atoms with E-state index in [1.807, 2.05) is 19.9 Å². The van der Waals surface area contributed by atoms with Crippen LogP contribution in [0.25, 0.3) is 5.82 Å². The van der Waals surface area contributed by atoms with Gasteiger partial charge in [-0.25, -0.2) is 22.1 Å². The molecule has 0 bridgehead atoms. The lowest BCUT2D eigenvalue weighted by atomic mass is 10.2. The van der Waals surface area contributed by atoms with Crippen LogP contribution in [0, 0.1) is 13.8 Å². The molecule has 0 saturated carbocycles. The first-order valence-corrected chi connectivity index (χ1v) is 11.0. The number of nitrogens with zero attached hydrogens (tertiary/aromatic N) is 5. The smallest absolute Gasteiger partial charge is 0.266 e. The zero-order valence-corrected chi connectivity index (χ0v) is 18.5. The number of aryl methyl sites for hydroxylation is 2. The maximum absolute atomic E-state index is 12.4. The molecular weight excluding hydrogens is 420 g/mol. The lowest BCUT2D eigenvalue weighted by molar-refractivity contribution is 0.0951. The van der Waals surface area contributed by atoms with Crippen LogP contribution < -0.4 is 10.9 Å². The molecule has 3 aromatic rings. The Morgan fingerprint density at radius 3 is 2.32 bits per heavy atom. The third-order valence-electron chi connectivity index (χ3n) is 4.58.